The van der Waals surface area contributed by atoms with Crippen molar-refractivity contribution in [2.24, 2.45) is 5.41 Å². The molecule has 3 nitrogen and oxygen atoms in total. The van der Waals surface area contributed by atoms with Crippen LogP contribution in [0.3, 0.4) is 0 Å². The Hall–Kier alpha value is -0.570. The molecule has 17 heavy (non-hydrogen) atoms. The number of ether oxygens (including phenoxy) is 1. The molecular weight excluding hydrogens is 214 g/mol. The minimum Gasteiger partial charge on any atom is -0.378 e. The number of rotatable bonds is 4. The van der Waals surface area contributed by atoms with Gasteiger partial charge >= 0.3 is 0 Å². The Bertz CT molecular complexity index is 289. The summed E-state index contributed by atoms with van der Waals surface area (Å²) >= 11 is 0. The maximum Gasteiger partial charge on any atom is 0.223 e. The average molecular weight is 239 g/mol. The molecule has 0 radical (unpaired) electrons. The second-order valence-electron chi connectivity index (χ2n) is 6.59. The lowest BCUT2D eigenvalue weighted by Crippen LogP contribution is -2.45. The molecule has 0 bridgehead atoms. The smallest absolute Gasteiger partial charge is 0.223 e. The van der Waals surface area contributed by atoms with Gasteiger partial charge in [0.2, 0.25) is 5.91 Å². The zero-order chi connectivity index (χ0) is 12.5. The van der Waals surface area contributed by atoms with Crippen LogP contribution in [0.4, 0.5) is 0 Å². The first kappa shape index (κ1) is 12.9. The van der Waals surface area contributed by atoms with Crippen molar-refractivity contribution in [3.63, 3.8) is 0 Å². The van der Waals surface area contributed by atoms with Crippen molar-refractivity contribution in [3.05, 3.63) is 0 Å². The third-order valence-electron chi connectivity index (χ3n) is 4.51. The summed E-state index contributed by atoms with van der Waals surface area (Å²) < 4.78 is 5.49. The number of amides is 1. The fourth-order valence-corrected chi connectivity index (χ4v) is 3.15. The van der Waals surface area contributed by atoms with Gasteiger partial charge in [0, 0.05) is 13.2 Å². The highest BCUT2D eigenvalue weighted by atomic mass is 16.5. The minimum atomic E-state index is -0.141. The highest BCUT2D eigenvalue weighted by molar-refractivity contribution is 5.77. The monoisotopic (exact) mass is 239 g/mol. The molecule has 2 aliphatic carbocycles. The van der Waals surface area contributed by atoms with E-state index in [9.17, 15) is 4.79 Å². The molecule has 1 amide bonds. The Labute approximate surface area is 104 Å². The Morgan fingerprint density at radius 1 is 1.35 bits per heavy atom. The molecule has 2 aliphatic rings. The van der Waals surface area contributed by atoms with Gasteiger partial charge in [-0.1, -0.05) is 13.8 Å². The molecule has 2 saturated carbocycles. The third-order valence-corrected chi connectivity index (χ3v) is 4.51. The number of hydrogen-bond acceptors (Lipinski definition) is 2. The molecule has 2 fully saturated rings. The van der Waals surface area contributed by atoms with Gasteiger partial charge in [-0.2, -0.15) is 0 Å². The molecule has 0 aromatic carbocycles. The lowest BCUT2D eigenvalue weighted by atomic mass is 9.77. The van der Waals surface area contributed by atoms with Gasteiger partial charge in [-0.05, 0) is 43.9 Å². The maximum atomic E-state index is 12.0. The first-order valence-corrected chi connectivity index (χ1v) is 6.79. The fraction of sp³-hybridized carbons (Fsp3) is 0.929. The van der Waals surface area contributed by atoms with Crippen molar-refractivity contribution < 1.29 is 9.53 Å². The zero-order valence-corrected chi connectivity index (χ0v) is 11.3. The predicted molar refractivity (Wildman–Crippen MR) is 67.8 cm³/mol. The van der Waals surface area contributed by atoms with Crippen molar-refractivity contribution in [3.8, 4) is 0 Å². The third kappa shape index (κ3) is 3.01. The maximum absolute atomic E-state index is 12.0. The first-order chi connectivity index (χ1) is 7.95. The van der Waals surface area contributed by atoms with Crippen LogP contribution in [0.15, 0.2) is 0 Å². The van der Waals surface area contributed by atoms with E-state index in [1.54, 1.807) is 7.11 Å². The van der Waals surface area contributed by atoms with Gasteiger partial charge in [0.05, 0.1) is 12.0 Å². The highest BCUT2D eigenvalue weighted by Gasteiger charge is 2.40. The van der Waals surface area contributed by atoms with Gasteiger partial charge in [-0.25, -0.2) is 0 Å². The summed E-state index contributed by atoms with van der Waals surface area (Å²) in [5, 5.41) is 3.17. The SMILES string of the molecule is COC1(CC(=O)NC2CCC(C)(C)C2)CCC1. The standard InChI is InChI=1S/C14H25NO2/c1-13(2)8-5-11(9-13)15-12(16)10-14(17-3)6-4-7-14/h11H,4-10H2,1-3H3,(H,15,16). The first-order valence-electron chi connectivity index (χ1n) is 6.79. The topological polar surface area (TPSA) is 38.3 Å². The molecule has 0 spiro atoms. The average Bonchev–Trinajstić information content (AvgIpc) is 2.52. The zero-order valence-electron chi connectivity index (χ0n) is 11.3. The lowest BCUT2D eigenvalue weighted by Gasteiger charge is -2.40. The molecule has 1 unspecified atom stereocenters. The molecule has 3 heteroatoms. The van der Waals surface area contributed by atoms with Gasteiger partial charge in [-0.3, -0.25) is 4.79 Å². The van der Waals surface area contributed by atoms with E-state index in [4.69, 9.17) is 4.74 Å². The van der Waals surface area contributed by atoms with E-state index in [2.05, 4.69) is 19.2 Å². The van der Waals surface area contributed by atoms with Gasteiger partial charge in [-0.15, -0.1) is 0 Å². The Morgan fingerprint density at radius 3 is 2.47 bits per heavy atom. The molecular formula is C14H25NO2. The van der Waals surface area contributed by atoms with Crippen molar-refractivity contribution in [1.82, 2.24) is 5.32 Å². The van der Waals surface area contributed by atoms with E-state index in [0.717, 1.165) is 25.7 Å². The highest BCUT2D eigenvalue weighted by Crippen LogP contribution is 2.39. The summed E-state index contributed by atoms with van der Waals surface area (Å²) in [4.78, 5) is 12.0. The van der Waals surface area contributed by atoms with Crippen LogP contribution in [0.5, 0.6) is 0 Å². The number of hydrogen-bond donors (Lipinski definition) is 1. The summed E-state index contributed by atoms with van der Waals surface area (Å²) in [5.41, 5.74) is 0.256. The summed E-state index contributed by atoms with van der Waals surface area (Å²) in [6.45, 7) is 4.56. The minimum absolute atomic E-state index is 0.141. The van der Waals surface area contributed by atoms with E-state index in [1.807, 2.05) is 0 Å². The van der Waals surface area contributed by atoms with Crippen LogP contribution in [0, 0.1) is 5.41 Å². The van der Waals surface area contributed by atoms with Crippen molar-refractivity contribution in [1.29, 1.82) is 0 Å². The molecule has 1 N–H and O–H groups in total. The molecule has 2 rings (SSSR count). The molecule has 98 valence electrons. The summed E-state index contributed by atoms with van der Waals surface area (Å²) in [6.07, 6.45) is 7.25. The van der Waals surface area contributed by atoms with Crippen LogP contribution in [-0.2, 0) is 9.53 Å². The molecule has 0 saturated heterocycles. The number of methoxy groups -OCH3 is 1. The molecule has 0 aromatic rings. The largest absolute Gasteiger partial charge is 0.378 e. The van der Waals surface area contributed by atoms with E-state index in [0.29, 0.717) is 17.9 Å². The molecule has 1 atom stereocenters. The van der Waals surface area contributed by atoms with Gasteiger partial charge in [0.1, 0.15) is 0 Å². The van der Waals surface area contributed by atoms with Crippen LogP contribution in [0.25, 0.3) is 0 Å². The molecule has 0 heterocycles. The van der Waals surface area contributed by atoms with Crippen LogP contribution in [-0.4, -0.2) is 24.7 Å². The van der Waals surface area contributed by atoms with E-state index in [-0.39, 0.29) is 11.5 Å². The normalized spacial score (nSPS) is 29.7. The Morgan fingerprint density at radius 2 is 2.06 bits per heavy atom. The second-order valence-corrected chi connectivity index (χ2v) is 6.59. The van der Waals surface area contributed by atoms with E-state index >= 15 is 0 Å². The number of carbonyl (C=O) groups is 1. The summed E-state index contributed by atoms with van der Waals surface area (Å²) in [5.74, 6) is 0.175. The quantitative estimate of drug-likeness (QED) is 0.819. The van der Waals surface area contributed by atoms with Crippen molar-refractivity contribution in [2.45, 2.75) is 70.4 Å². The van der Waals surface area contributed by atoms with Crippen LogP contribution < -0.4 is 5.32 Å². The van der Waals surface area contributed by atoms with Gasteiger partial charge < -0.3 is 10.1 Å². The lowest BCUT2D eigenvalue weighted by molar-refractivity contribution is -0.134. The summed E-state index contributed by atoms with van der Waals surface area (Å²) in [7, 11) is 1.73. The van der Waals surface area contributed by atoms with Crippen molar-refractivity contribution >= 4 is 5.91 Å². The van der Waals surface area contributed by atoms with Gasteiger partial charge in [0.25, 0.3) is 0 Å². The fourth-order valence-electron chi connectivity index (χ4n) is 3.15. The number of carbonyl (C=O) groups excluding carboxylic acids is 1. The van der Waals surface area contributed by atoms with E-state index in [1.165, 1.54) is 12.8 Å². The van der Waals surface area contributed by atoms with Crippen LogP contribution in [0.2, 0.25) is 0 Å². The molecule has 0 aliphatic heterocycles. The predicted octanol–water partition coefficient (Wildman–Crippen LogP) is 2.64. The Balaban J connectivity index is 1.78. The second kappa shape index (κ2) is 4.60. The molecule has 0 aromatic heterocycles. The van der Waals surface area contributed by atoms with E-state index < -0.39 is 0 Å². The summed E-state index contributed by atoms with van der Waals surface area (Å²) in [6, 6.07) is 0.381. The van der Waals surface area contributed by atoms with Gasteiger partial charge in [0.15, 0.2) is 0 Å². The van der Waals surface area contributed by atoms with Crippen LogP contribution in [0.1, 0.15) is 58.8 Å². The Kier molecular flexibility index (Phi) is 3.48. The van der Waals surface area contributed by atoms with Crippen molar-refractivity contribution in [2.75, 3.05) is 7.11 Å². The van der Waals surface area contributed by atoms with Crippen LogP contribution >= 0.6 is 0 Å². The number of nitrogens with one attached hydrogen (secondary N) is 1.